The van der Waals surface area contributed by atoms with Gasteiger partial charge in [-0.3, -0.25) is 0 Å². The Balaban J connectivity index is 1.59. The molecule has 0 aliphatic carbocycles. The first-order valence-electron chi connectivity index (χ1n) is 8.11. The predicted octanol–water partition coefficient (Wildman–Crippen LogP) is 4.65. The van der Waals surface area contributed by atoms with Gasteiger partial charge in [-0.15, -0.1) is 0 Å². The molecule has 0 amide bonds. The Kier molecular flexibility index (Phi) is 4.24. The van der Waals surface area contributed by atoms with Gasteiger partial charge >= 0.3 is 0 Å². The van der Waals surface area contributed by atoms with E-state index in [1.807, 2.05) is 30.3 Å². The van der Waals surface area contributed by atoms with Crippen LogP contribution in [0.2, 0.25) is 0 Å². The Hall–Kier alpha value is -2.66. The molecule has 1 atom stereocenters. The predicted molar refractivity (Wildman–Crippen MR) is 100 cm³/mol. The fraction of sp³-hybridized carbons (Fsp3) is 0.100. The summed E-state index contributed by atoms with van der Waals surface area (Å²) in [4.78, 5) is 2.39. The monoisotopic (exact) mass is 352 g/mol. The summed E-state index contributed by atoms with van der Waals surface area (Å²) in [6, 6.07) is 22.2. The second-order valence-electron chi connectivity index (χ2n) is 5.88. The van der Waals surface area contributed by atoms with Gasteiger partial charge in [0, 0.05) is 23.6 Å². The molecule has 4 rings (SSSR count). The molecule has 0 saturated carbocycles. The van der Waals surface area contributed by atoms with E-state index < -0.39 is 16.8 Å². The van der Waals surface area contributed by atoms with Gasteiger partial charge in [0.25, 0.3) is 0 Å². The zero-order valence-electron chi connectivity index (χ0n) is 13.5. The van der Waals surface area contributed by atoms with Crippen molar-refractivity contribution in [3.63, 3.8) is 0 Å². The molecule has 3 nitrogen and oxygen atoms in total. The molecule has 1 N–H and O–H groups in total. The molecule has 0 radical (unpaired) electrons. The van der Waals surface area contributed by atoms with Crippen LogP contribution in [0.15, 0.2) is 77.7 Å². The quantitative estimate of drug-likeness (QED) is 0.741. The second-order valence-corrected chi connectivity index (χ2v) is 7.06. The first kappa shape index (κ1) is 15.8. The van der Waals surface area contributed by atoms with Crippen molar-refractivity contribution in [2.45, 2.75) is 11.3 Å². The first-order valence-corrected chi connectivity index (χ1v) is 9.26. The van der Waals surface area contributed by atoms with Crippen LogP contribution >= 0.6 is 0 Å². The molecule has 5 heteroatoms. The minimum absolute atomic E-state index is 0.152. The second kappa shape index (κ2) is 6.69. The Bertz CT molecular complexity index is 944. The van der Waals surface area contributed by atoms with Crippen molar-refractivity contribution in [2.75, 3.05) is 16.2 Å². The standard InChI is InChI=1S/C20H17FN2OS/c21-18-9-2-4-11-20(18)25(24)22-16-7-5-8-17(14-16)23-13-12-15-6-1-3-10-19(15)23/h1-11,14,22H,12-13H2. The van der Waals surface area contributed by atoms with Crippen LogP contribution in [-0.2, 0) is 17.4 Å². The van der Waals surface area contributed by atoms with E-state index in [4.69, 9.17) is 0 Å². The largest absolute Gasteiger partial charge is 0.341 e. The van der Waals surface area contributed by atoms with Crippen molar-refractivity contribution in [3.05, 3.63) is 84.2 Å². The SMILES string of the molecule is O=S(Nc1cccc(N2CCc3ccccc32)c1)c1ccccc1F. The van der Waals surface area contributed by atoms with E-state index in [-0.39, 0.29) is 4.90 Å². The van der Waals surface area contributed by atoms with Gasteiger partial charge in [-0.1, -0.05) is 36.4 Å². The Morgan fingerprint density at radius 2 is 1.76 bits per heavy atom. The molecule has 3 aromatic carbocycles. The highest BCUT2D eigenvalue weighted by Crippen LogP contribution is 2.35. The molecule has 0 aromatic heterocycles. The van der Waals surface area contributed by atoms with Gasteiger partial charge in [-0.05, 0) is 48.4 Å². The topological polar surface area (TPSA) is 32.3 Å². The molecule has 1 heterocycles. The summed E-state index contributed by atoms with van der Waals surface area (Å²) >= 11 is 0. The molecule has 1 aliphatic heterocycles. The van der Waals surface area contributed by atoms with Crippen LogP contribution in [0.25, 0.3) is 0 Å². The Morgan fingerprint density at radius 3 is 2.64 bits per heavy atom. The van der Waals surface area contributed by atoms with Gasteiger partial charge in [0.05, 0.1) is 4.90 Å². The number of para-hydroxylation sites is 1. The van der Waals surface area contributed by atoms with Gasteiger partial charge in [0.2, 0.25) is 0 Å². The van der Waals surface area contributed by atoms with Crippen molar-refractivity contribution in [3.8, 4) is 0 Å². The minimum atomic E-state index is -1.64. The fourth-order valence-electron chi connectivity index (χ4n) is 3.10. The molecular formula is C20H17FN2OS. The third-order valence-electron chi connectivity index (χ3n) is 4.29. The molecule has 25 heavy (non-hydrogen) atoms. The summed E-state index contributed by atoms with van der Waals surface area (Å²) in [6.45, 7) is 0.916. The van der Waals surface area contributed by atoms with E-state index in [1.54, 1.807) is 12.1 Å². The van der Waals surface area contributed by atoms with Crippen LogP contribution in [0, 0.1) is 5.82 Å². The number of rotatable bonds is 4. The normalized spacial score (nSPS) is 14.2. The van der Waals surface area contributed by atoms with Crippen LogP contribution in [0.3, 0.4) is 0 Å². The van der Waals surface area contributed by atoms with Crippen LogP contribution in [-0.4, -0.2) is 10.8 Å². The van der Waals surface area contributed by atoms with Crippen molar-refractivity contribution in [2.24, 2.45) is 0 Å². The number of fused-ring (bicyclic) bond motifs is 1. The number of hydrogen-bond acceptors (Lipinski definition) is 2. The number of hydrogen-bond donors (Lipinski definition) is 1. The van der Waals surface area contributed by atoms with Crippen LogP contribution in [0.1, 0.15) is 5.56 Å². The highest BCUT2D eigenvalue weighted by molar-refractivity contribution is 7.86. The summed E-state index contributed by atoms with van der Waals surface area (Å²) < 4.78 is 29.1. The lowest BCUT2D eigenvalue weighted by Crippen LogP contribution is -2.13. The maximum absolute atomic E-state index is 13.8. The lowest BCUT2D eigenvalue weighted by atomic mass is 10.2. The molecule has 126 valence electrons. The molecule has 0 bridgehead atoms. The van der Waals surface area contributed by atoms with Gasteiger partial charge in [0.15, 0.2) is 11.0 Å². The van der Waals surface area contributed by atoms with E-state index in [1.165, 1.54) is 23.4 Å². The molecule has 3 aromatic rings. The Labute approximate surface area is 148 Å². The number of benzene rings is 3. The van der Waals surface area contributed by atoms with Crippen molar-refractivity contribution < 1.29 is 8.60 Å². The minimum Gasteiger partial charge on any atom is -0.341 e. The molecule has 0 fully saturated rings. The lowest BCUT2D eigenvalue weighted by Gasteiger charge is -2.20. The highest BCUT2D eigenvalue weighted by Gasteiger charge is 2.20. The average molecular weight is 352 g/mol. The van der Waals surface area contributed by atoms with E-state index in [0.717, 1.165) is 18.7 Å². The van der Waals surface area contributed by atoms with E-state index in [0.29, 0.717) is 5.69 Å². The summed E-state index contributed by atoms with van der Waals surface area (Å²) in [5.74, 6) is -0.474. The average Bonchev–Trinajstić information content (AvgIpc) is 3.06. The third-order valence-corrected chi connectivity index (χ3v) is 5.44. The van der Waals surface area contributed by atoms with Crippen LogP contribution in [0.5, 0.6) is 0 Å². The van der Waals surface area contributed by atoms with E-state index >= 15 is 0 Å². The summed E-state index contributed by atoms with van der Waals surface area (Å²) in [5, 5.41) is 0. The van der Waals surface area contributed by atoms with Gasteiger partial charge in [-0.2, -0.15) is 0 Å². The zero-order chi connectivity index (χ0) is 17.2. The molecular weight excluding hydrogens is 335 g/mol. The van der Waals surface area contributed by atoms with E-state index in [9.17, 15) is 8.60 Å². The lowest BCUT2D eigenvalue weighted by molar-refractivity contribution is 0.596. The molecule has 1 aliphatic rings. The summed E-state index contributed by atoms with van der Waals surface area (Å²) in [5.41, 5.74) is 4.26. The number of nitrogens with zero attached hydrogens (tertiary/aromatic N) is 1. The third kappa shape index (κ3) is 3.15. The van der Waals surface area contributed by atoms with Gasteiger partial charge in [-0.25, -0.2) is 8.60 Å². The van der Waals surface area contributed by atoms with Crippen molar-refractivity contribution in [1.82, 2.24) is 0 Å². The van der Waals surface area contributed by atoms with Crippen molar-refractivity contribution in [1.29, 1.82) is 0 Å². The highest BCUT2D eigenvalue weighted by atomic mass is 32.2. The van der Waals surface area contributed by atoms with Gasteiger partial charge in [0.1, 0.15) is 5.82 Å². The number of nitrogens with one attached hydrogen (secondary N) is 1. The van der Waals surface area contributed by atoms with E-state index in [2.05, 4.69) is 27.8 Å². The Morgan fingerprint density at radius 1 is 0.960 bits per heavy atom. The smallest absolute Gasteiger partial charge is 0.153 e. The number of halogens is 1. The number of anilines is 3. The maximum atomic E-state index is 13.8. The molecule has 1 unspecified atom stereocenters. The fourth-order valence-corrected chi connectivity index (χ4v) is 4.00. The van der Waals surface area contributed by atoms with Crippen LogP contribution < -0.4 is 9.62 Å². The van der Waals surface area contributed by atoms with Crippen molar-refractivity contribution >= 4 is 28.0 Å². The summed E-state index contributed by atoms with van der Waals surface area (Å²) in [6.07, 6.45) is 1.01. The zero-order valence-corrected chi connectivity index (χ0v) is 14.3. The molecule has 0 saturated heterocycles. The summed E-state index contributed by atoms with van der Waals surface area (Å²) in [7, 11) is -1.64. The molecule has 0 spiro atoms. The van der Waals surface area contributed by atoms with Crippen LogP contribution in [0.4, 0.5) is 21.5 Å². The first-order chi connectivity index (χ1) is 12.2. The van der Waals surface area contributed by atoms with Gasteiger partial charge < -0.3 is 9.62 Å². The maximum Gasteiger partial charge on any atom is 0.153 e.